The molecule has 0 radical (unpaired) electrons. The molecule has 1 rings (SSSR count). The predicted molar refractivity (Wildman–Crippen MR) is 36.8 cm³/mol. The molecule has 0 aromatic carbocycles. The number of rotatable bonds is 2. The van der Waals surface area contributed by atoms with Gasteiger partial charge in [0.2, 0.25) is 13.9 Å². The van der Waals surface area contributed by atoms with Gasteiger partial charge in [0.25, 0.3) is 0 Å². The molecular formula is C5H9O5P. The summed E-state index contributed by atoms with van der Waals surface area (Å²) < 4.78 is 24.7. The number of carbonyl (C=O) groups excluding carboxylic acids is 1. The van der Waals surface area contributed by atoms with Crippen LogP contribution in [0.2, 0.25) is 0 Å². The smallest absolute Gasteiger partial charge is 0.427 e. The Morgan fingerprint density at radius 2 is 2.18 bits per heavy atom. The van der Waals surface area contributed by atoms with Crippen LogP contribution in [-0.4, -0.2) is 25.2 Å². The number of hydrogen-bond donors (Lipinski definition) is 0. The van der Waals surface area contributed by atoms with Gasteiger partial charge >= 0.3 is 6.16 Å². The highest BCUT2D eigenvalue weighted by Crippen LogP contribution is 2.36. The summed E-state index contributed by atoms with van der Waals surface area (Å²) >= 11 is 0. The Balaban J connectivity index is 2.59. The molecule has 1 fully saturated rings. The molecule has 0 aromatic rings. The van der Waals surface area contributed by atoms with E-state index in [0.29, 0.717) is 0 Å². The fourth-order valence-corrected chi connectivity index (χ4v) is 1.67. The molecule has 1 aliphatic rings. The topological polar surface area (TPSA) is 61.8 Å². The van der Waals surface area contributed by atoms with Gasteiger partial charge in [-0.1, -0.05) is 0 Å². The van der Waals surface area contributed by atoms with Crippen molar-refractivity contribution in [2.45, 2.75) is 18.9 Å². The molecule has 5 nitrogen and oxygen atoms in total. The van der Waals surface area contributed by atoms with Crippen molar-refractivity contribution in [1.29, 1.82) is 0 Å². The zero-order valence-corrected chi connectivity index (χ0v) is 7.20. The largest absolute Gasteiger partial charge is 0.509 e. The van der Waals surface area contributed by atoms with E-state index >= 15 is 0 Å². The van der Waals surface area contributed by atoms with Crippen molar-refractivity contribution in [2.75, 3.05) is 7.11 Å². The Morgan fingerprint density at radius 3 is 2.55 bits per heavy atom. The standard InChI is InChI=1S/C5H9O5P/c1-3-4(11(7)8-2)10-5(6)9-3/h3-4,11H,1-2H3. The van der Waals surface area contributed by atoms with Crippen LogP contribution in [0.1, 0.15) is 6.92 Å². The van der Waals surface area contributed by atoms with Crippen LogP contribution in [0.15, 0.2) is 0 Å². The third-order valence-electron chi connectivity index (χ3n) is 1.37. The van der Waals surface area contributed by atoms with Crippen LogP contribution in [0, 0.1) is 0 Å². The lowest BCUT2D eigenvalue weighted by molar-refractivity contribution is 0.120. The van der Waals surface area contributed by atoms with Crippen LogP contribution in [0.3, 0.4) is 0 Å². The van der Waals surface area contributed by atoms with E-state index in [-0.39, 0.29) is 0 Å². The van der Waals surface area contributed by atoms with Gasteiger partial charge in [0, 0.05) is 7.11 Å². The molecule has 1 saturated heterocycles. The van der Waals surface area contributed by atoms with Gasteiger partial charge < -0.3 is 14.0 Å². The Hall–Kier alpha value is -0.540. The molecule has 3 unspecified atom stereocenters. The average Bonchev–Trinajstić information content (AvgIpc) is 2.28. The molecule has 1 heterocycles. The van der Waals surface area contributed by atoms with Crippen LogP contribution < -0.4 is 0 Å². The third kappa shape index (κ3) is 1.73. The quantitative estimate of drug-likeness (QED) is 0.468. The highest BCUT2D eigenvalue weighted by molar-refractivity contribution is 7.39. The van der Waals surface area contributed by atoms with Crippen molar-refractivity contribution in [3.63, 3.8) is 0 Å². The van der Waals surface area contributed by atoms with Crippen LogP contribution >= 0.6 is 8.03 Å². The third-order valence-corrected chi connectivity index (χ3v) is 2.82. The van der Waals surface area contributed by atoms with E-state index in [2.05, 4.69) is 14.0 Å². The van der Waals surface area contributed by atoms with E-state index in [9.17, 15) is 9.36 Å². The highest BCUT2D eigenvalue weighted by Gasteiger charge is 2.37. The van der Waals surface area contributed by atoms with Gasteiger partial charge in [-0.2, -0.15) is 0 Å². The van der Waals surface area contributed by atoms with E-state index in [4.69, 9.17) is 0 Å². The molecule has 0 aromatic heterocycles. The van der Waals surface area contributed by atoms with E-state index in [1.807, 2.05) is 0 Å². The second kappa shape index (κ2) is 3.24. The number of cyclic esters (lactones) is 2. The van der Waals surface area contributed by atoms with E-state index in [1.54, 1.807) is 6.92 Å². The second-order valence-electron chi connectivity index (χ2n) is 2.13. The Labute approximate surface area is 64.5 Å². The van der Waals surface area contributed by atoms with Crippen molar-refractivity contribution < 1.29 is 23.4 Å². The van der Waals surface area contributed by atoms with Crippen LogP contribution in [0.4, 0.5) is 4.79 Å². The van der Waals surface area contributed by atoms with Crippen molar-refractivity contribution >= 4 is 14.2 Å². The van der Waals surface area contributed by atoms with Gasteiger partial charge in [0.1, 0.15) is 6.10 Å². The monoisotopic (exact) mass is 180 g/mol. The Morgan fingerprint density at radius 1 is 1.55 bits per heavy atom. The average molecular weight is 180 g/mol. The second-order valence-corrected chi connectivity index (χ2v) is 3.75. The SMILES string of the molecule is CO[PH](=O)C1OC(=O)OC1C. The number of ether oxygens (including phenoxy) is 2. The summed E-state index contributed by atoms with van der Waals surface area (Å²) in [4.78, 5) is 10.5. The molecule has 11 heavy (non-hydrogen) atoms. The first-order valence-electron chi connectivity index (χ1n) is 3.10. The van der Waals surface area contributed by atoms with E-state index in [1.165, 1.54) is 7.11 Å². The van der Waals surface area contributed by atoms with E-state index < -0.39 is 26.1 Å². The Bertz CT molecular complexity index is 191. The molecule has 1 aliphatic heterocycles. The van der Waals surface area contributed by atoms with Crippen molar-refractivity contribution in [3.8, 4) is 0 Å². The molecule has 64 valence electrons. The van der Waals surface area contributed by atoms with Crippen LogP contribution in [0.25, 0.3) is 0 Å². The maximum Gasteiger partial charge on any atom is 0.509 e. The summed E-state index contributed by atoms with van der Waals surface area (Å²) in [7, 11) is -1.00. The molecule has 0 saturated carbocycles. The van der Waals surface area contributed by atoms with Crippen LogP contribution in [-0.2, 0) is 18.6 Å². The molecule has 0 N–H and O–H groups in total. The molecule has 6 heteroatoms. The zero-order valence-electron chi connectivity index (χ0n) is 6.20. The molecule has 0 bridgehead atoms. The molecule has 0 spiro atoms. The first-order chi connectivity index (χ1) is 5.15. The molecule has 0 aliphatic carbocycles. The van der Waals surface area contributed by atoms with Crippen LogP contribution in [0.5, 0.6) is 0 Å². The zero-order chi connectivity index (χ0) is 8.43. The van der Waals surface area contributed by atoms with Crippen molar-refractivity contribution in [3.05, 3.63) is 0 Å². The number of hydrogen-bond acceptors (Lipinski definition) is 5. The summed E-state index contributed by atoms with van der Waals surface area (Å²) in [6.07, 6.45) is -1.26. The van der Waals surface area contributed by atoms with E-state index in [0.717, 1.165) is 0 Å². The summed E-state index contributed by atoms with van der Waals surface area (Å²) in [5, 5.41) is 0. The lowest BCUT2D eigenvalue weighted by Crippen LogP contribution is -2.14. The summed E-state index contributed by atoms with van der Waals surface area (Å²) in [5.41, 5.74) is 0. The fraction of sp³-hybridized carbons (Fsp3) is 0.800. The normalized spacial score (nSPS) is 32.7. The van der Waals surface area contributed by atoms with Gasteiger partial charge in [-0.3, -0.25) is 4.57 Å². The lowest BCUT2D eigenvalue weighted by atomic mass is 10.4. The Kier molecular flexibility index (Phi) is 2.52. The minimum Gasteiger partial charge on any atom is -0.427 e. The first-order valence-corrected chi connectivity index (χ1v) is 4.49. The highest BCUT2D eigenvalue weighted by atomic mass is 31.1. The lowest BCUT2D eigenvalue weighted by Gasteiger charge is -2.08. The summed E-state index contributed by atoms with van der Waals surface area (Å²) in [6, 6.07) is 0. The molecular weight excluding hydrogens is 171 g/mol. The summed E-state index contributed by atoms with van der Waals surface area (Å²) in [5.74, 6) is -0.725. The van der Waals surface area contributed by atoms with Crippen molar-refractivity contribution in [2.24, 2.45) is 0 Å². The molecule has 3 atom stereocenters. The first kappa shape index (κ1) is 8.56. The summed E-state index contributed by atoms with van der Waals surface area (Å²) in [6.45, 7) is 1.61. The predicted octanol–water partition coefficient (Wildman–Crippen LogP) is 0.989. The minimum atomic E-state index is -2.31. The van der Waals surface area contributed by atoms with Gasteiger partial charge in [0.05, 0.1) is 0 Å². The fourth-order valence-electron chi connectivity index (χ4n) is 0.797. The minimum absolute atomic E-state index is 0.478. The molecule has 0 amide bonds. The maximum absolute atomic E-state index is 11.0. The van der Waals surface area contributed by atoms with Gasteiger partial charge in [-0.15, -0.1) is 0 Å². The maximum atomic E-state index is 11.0. The number of carbonyl (C=O) groups is 1. The van der Waals surface area contributed by atoms with Crippen molar-refractivity contribution in [1.82, 2.24) is 0 Å². The van der Waals surface area contributed by atoms with Gasteiger partial charge in [0.15, 0.2) is 0 Å². The van der Waals surface area contributed by atoms with Gasteiger partial charge in [-0.25, -0.2) is 4.79 Å². The van der Waals surface area contributed by atoms with Gasteiger partial charge in [-0.05, 0) is 6.92 Å².